The van der Waals surface area contributed by atoms with Gasteiger partial charge in [0.05, 0.1) is 11.5 Å². The van der Waals surface area contributed by atoms with Crippen molar-refractivity contribution in [3.05, 3.63) is 34.9 Å². The van der Waals surface area contributed by atoms with Crippen LogP contribution in [0.1, 0.15) is 36.6 Å². The van der Waals surface area contributed by atoms with Crippen molar-refractivity contribution in [2.45, 2.75) is 37.2 Å². The molecule has 0 aliphatic carbocycles. The number of rotatable bonds is 4. The molecule has 2 rings (SSSR count). The summed E-state index contributed by atoms with van der Waals surface area (Å²) in [6.07, 6.45) is 4.82. The second-order valence-electron chi connectivity index (χ2n) is 4.23. The summed E-state index contributed by atoms with van der Waals surface area (Å²) >= 11 is 12.2. The molecule has 0 bridgehead atoms. The number of hydrogen-bond donors (Lipinski definition) is 0. The van der Waals surface area contributed by atoms with Gasteiger partial charge in [0.15, 0.2) is 0 Å². The zero-order valence-corrected chi connectivity index (χ0v) is 10.7. The van der Waals surface area contributed by atoms with Gasteiger partial charge in [0.1, 0.15) is 0 Å². The number of ether oxygens (including phenoxy) is 1. The third-order valence-electron chi connectivity index (χ3n) is 3.00. The quantitative estimate of drug-likeness (QED) is 0.719. The van der Waals surface area contributed by atoms with Gasteiger partial charge in [0.25, 0.3) is 0 Å². The van der Waals surface area contributed by atoms with Gasteiger partial charge in [-0.25, -0.2) is 0 Å². The maximum atomic E-state index is 6.34. The Kier molecular flexibility index (Phi) is 4.51. The standard InChI is InChI=1S/C13H16Cl2O/c14-11-5-3-10(4-6-11)13(15)8-7-12-2-1-9-16-12/h3-6,12-13H,1-2,7-9H2. The first-order valence-electron chi connectivity index (χ1n) is 5.77. The summed E-state index contributed by atoms with van der Waals surface area (Å²) in [5.41, 5.74) is 1.14. The van der Waals surface area contributed by atoms with Crippen molar-refractivity contribution >= 4 is 23.2 Å². The van der Waals surface area contributed by atoms with Crippen LogP contribution in [0.4, 0.5) is 0 Å². The molecule has 1 fully saturated rings. The van der Waals surface area contributed by atoms with Crippen molar-refractivity contribution in [1.82, 2.24) is 0 Å². The van der Waals surface area contributed by atoms with Crippen LogP contribution in [0.25, 0.3) is 0 Å². The molecule has 1 aliphatic heterocycles. The van der Waals surface area contributed by atoms with Crippen LogP contribution in [-0.4, -0.2) is 12.7 Å². The van der Waals surface area contributed by atoms with Crippen LogP contribution in [0, 0.1) is 0 Å². The fourth-order valence-corrected chi connectivity index (χ4v) is 2.44. The first-order valence-corrected chi connectivity index (χ1v) is 6.58. The molecule has 0 saturated carbocycles. The van der Waals surface area contributed by atoms with Crippen molar-refractivity contribution in [1.29, 1.82) is 0 Å². The molecular formula is C13H16Cl2O. The molecule has 0 radical (unpaired) electrons. The lowest BCUT2D eigenvalue weighted by molar-refractivity contribution is 0.102. The molecule has 0 amide bonds. The lowest BCUT2D eigenvalue weighted by atomic mass is 10.0. The van der Waals surface area contributed by atoms with Gasteiger partial charge in [-0.05, 0) is 43.4 Å². The minimum Gasteiger partial charge on any atom is -0.378 e. The highest BCUT2D eigenvalue weighted by molar-refractivity contribution is 6.30. The molecule has 16 heavy (non-hydrogen) atoms. The molecule has 3 heteroatoms. The normalized spacial score (nSPS) is 22.2. The third kappa shape index (κ3) is 3.38. The third-order valence-corrected chi connectivity index (χ3v) is 3.72. The fourth-order valence-electron chi connectivity index (χ4n) is 2.04. The average molecular weight is 259 g/mol. The Balaban J connectivity index is 1.82. The molecule has 0 spiro atoms. The summed E-state index contributed by atoms with van der Waals surface area (Å²) in [6.45, 7) is 0.915. The molecule has 1 nitrogen and oxygen atoms in total. The van der Waals surface area contributed by atoms with E-state index in [0.717, 1.165) is 30.0 Å². The predicted octanol–water partition coefficient (Wildman–Crippen LogP) is 4.58. The van der Waals surface area contributed by atoms with Crippen LogP contribution in [0.3, 0.4) is 0 Å². The van der Waals surface area contributed by atoms with Crippen LogP contribution in [0.15, 0.2) is 24.3 Å². The lowest BCUT2D eigenvalue weighted by Crippen LogP contribution is -2.05. The van der Waals surface area contributed by atoms with Crippen molar-refractivity contribution in [2.75, 3.05) is 6.61 Å². The summed E-state index contributed by atoms with van der Waals surface area (Å²) in [5.74, 6) is 0. The van der Waals surface area contributed by atoms with E-state index in [4.69, 9.17) is 27.9 Å². The van der Waals surface area contributed by atoms with Gasteiger partial charge in [0, 0.05) is 11.6 Å². The van der Waals surface area contributed by atoms with E-state index in [2.05, 4.69) is 0 Å². The summed E-state index contributed by atoms with van der Waals surface area (Å²) in [5, 5.41) is 0.827. The summed E-state index contributed by atoms with van der Waals surface area (Å²) < 4.78 is 5.58. The number of alkyl halides is 1. The van der Waals surface area contributed by atoms with E-state index < -0.39 is 0 Å². The molecule has 0 aromatic heterocycles. The van der Waals surface area contributed by atoms with Crippen LogP contribution >= 0.6 is 23.2 Å². The molecule has 0 N–H and O–H groups in total. The van der Waals surface area contributed by atoms with Gasteiger partial charge >= 0.3 is 0 Å². The Labute approximate surface area is 107 Å². The van der Waals surface area contributed by atoms with Crippen LogP contribution in [0.5, 0.6) is 0 Å². The van der Waals surface area contributed by atoms with E-state index in [9.17, 15) is 0 Å². The predicted molar refractivity (Wildman–Crippen MR) is 68.3 cm³/mol. The molecule has 1 heterocycles. The molecule has 88 valence electrons. The highest BCUT2D eigenvalue weighted by Crippen LogP contribution is 2.29. The van der Waals surface area contributed by atoms with Crippen LogP contribution in [0.2, 0.25) is 5.02 Å². The molecule has 2 unspecified atom stereocenters. The number of hydrogen-bond acceptors (Lipinski definition) is 1. The highest BCUT2D eigenvalue weighted by Gasteiger charge is 2.17. The van der Waals surface area contributed by atoms with Gasteiger partial charge < -0.3 is 4.74 Å². The largest absolute Gasteiger partial charge is 0.378 e. The SMILES string of the molecule is Clc1ccc(C(Cl)CCC2CCCO2)cc1. The summed E-state index contributed by atoms with van der Waals surface area (Å²) in [7, 11) is 0. The first-order chi connectivity index (χ1) is 7.75. The van der Waals surface area contributed by atoms with Gasteiger partial charge in [-0.15, -0.1) is 11.6 Å². The molecule has 1 aromatic carbocycles. The van der Waals surface area contributed by atoms with E-state index >= 15 is 0 Å². The molecule has 2 atom stereocenters. The lowest BCUT2D eigenvalue weighted by Gasteiger charge is -2.13. The number of halogens is 2. The van der Waals surface area contributed by atoms with Crippen LogP contribution < -0.4 is 0 Å². The topological polar surface area (TPSA) is 9.23 Å². The minimum absolute atomic E-state index is 0.0708. The van der Waals surface area contributed by atoms with Crippen molar-refractivity contribution in [2.24, 2.45) is 0 Å². The highest BCUT2D eigenvalue weighted by atomic mass is 35.5. The second kappa shape index (κ2) is 5.90. The monoisotopic (exact) mass is 258 g/mol. The van der Waals surface area contributed by atoms with E-state index in [1.807, 2.05) is 24.3 Å². The zero-order chi connectivity index (χ0) is 11.4. The van der Waals surface area contributed by atoms with Crippen molar-refractivity contribution in [3.8, 4) is 0 Å². The van der Waals surface area contributed by atoms with E-state index in [-0.39, 0.29) is 5.38 Å². The van der Waals surface area contributed by atoms with Gasteiger partial charge in [-0.3, -0.25) is 0 Å². The van der Waals surface area contributed by atoms with Crippen molar-refractivity contribution in [3.63, 3.8) is 0 Å². The minimum atomic E-state index is 0.0708. The average Bonchev–Trinajstić information content (AvgIpc) is 2.80. The fraction of sp³-hybridized carbons (Fsp3) is 0.538. The number of benzene rings is 1. The second-order valence-corrected chi connectivity index (χ2v) is 5.19. The summed E-state index contributed by atoms with van der Waals surface area (Å²) in [6, 6.07) is 7.77. The zero-order valence-electron chi connectivity index (χ0n) is 9.16. The molecule has 1 aliphatic rings. The maximum Gasteiger partial charge on any atom is 0.0586 e. The summed E-state index contributed by atoms with van der Waals surface area (Å²) in [4.78, 5) is 0. The maximum absolute atomic E-state index is 6.34. The van der Waals surface area contributed by atoms with E-state index in [1.165, 1.54) is 12.8 Å². The smallest absolute Gasteiger partial charge is 0.0586 e. The molecular weight excluding hydrogens is 243 g/mol. The van der Waals surface area contributed by atoms with E-state index in [1.54, 1.807) is 0 Å². The molecule has 1 aromatic rings. The molecule has 1 saturated heterocycles. The first kappa shape index (κ1) is 12.2. The Morgan fingerprint density at radius 3 is 2.69 bits per heavy atom. The van der Waals surface area contributed by atoms with Gasteiger partial charge in [-0.1, -0.05) is 23.7 Å². The van der Waals surface area contributed by atoms with Gasteiger partial charge in [0.2, 0.25) is 0 Å². The Bertz CT molecular complexity index is 317. The Hall–Kier alpha value is -0.240. The van der Waals surface area contributed by atoms with Crippen LogP contribution in [-0.2, 0) is 4.74 Å². The van der Waals surface area contributed by atoms with E-state index in [0.29, 0.717) is 6.10 Å². The van der Waals surface area contributed by atoms with Gasteiger partial charge in [-0.2, -0.15) is 0 Å². The Morgan fingerprint density at radius 1 is 1.31 bits per heavy atom. The van der Waals surface area contributed by atoms with Crippen molar-refractivity contribution < 1.29 is 4.74 Å². The Morgan fingerprint density at radius 2 is 2.06 bits per heavy atom.